The smallest absolute Gasteiger partial charge is 0.182 e. The Hall–Kier alpha value is -0.800. The number of halogens is 1. The Bertz CT molecular complexity index is 545. The molecule has 1 heterocycles. The minimum absolute atomic E-state index is 0.00880. The van der Waals surface area contributed by atoms with E-state index in [9.17, 15) is 4.79 Å². The van der Waals surface area contributed by atoms with E-state index in [0.717, 1.165) is 30.0 Å². The average molecular weight is 312 g/mol. The molecule has 3 atom stereocenters. The van der Waals surface area contributed by atoms with Gasteiger partial charge < -0.3 is 9.30 Å². The van der Waals surface area contributed by atoms with Crippen LogP contribution < -0.4 is 0 Å². The highest BCUT2D eigenvalue weighted by molar-refractivity contribution is 6.33. The maximum Gasteiger partial charge on any atom is 0.182 e. The van der Waals surface area contributed by atoms with Gasteiger partial charge in [0.1, 0.15) is 0 Å². The molecule has 0 aromatic carbocycles. The van der Waals surface area contributed by atoms with Gasteiger partial charge in [-0.1, -0.05) is 13.8 Å². The van der Waals surface area contributed by atoms with Crippen LogP contribution >= 0.6 is 11.6 Å². The van der Waals surface area contributed by atoms with Crippen LogP contribution in [0.15, 0.2) is 6.07 Å². The Morgan fingerprint density at radius 1 is 1.52 bits per heavy atom. The summed E-state index contributed by atoms with van der Waals surface area (Å²) in [6, 6.07) is 2.35. The number of carbonyl (C=O) groups is 1. The van der Waals surface area contributed by atoms with Gasteiger partial charge in [-0.15, -0.1) is 11.6 Å². The van der Waals surface area contributed by atoms with E-state index >= 15 is 0 Å². The van der Waals surface area contributed by atoms with Crippen molar-refractivity contribution >= 4 is 17.4 Å². The van der Waals surface area contributed by atoms with Gasteiger partial charge in [-0.05, 0) is 40.2 Å². The van der Waals surface area contributed by atoms with Gasteiger partial charge in [-0.25, -0.2) is 0 Å². The molecule has 0 radical (unpaired) electrons. The number of aryl methyl sites for hydroxylation is 1. The fourth-order valence-electron chi connectivity index (χ4n) is 3.51. The Kier molecular flexibility index (Phi) is 4.55. The molecule has 118 valence electrons. The molecule has 0 N–H and O–H groups in total. The van der Waals surface area contributed by atoms with Gasteiger partial charge in [0, 0.05) is 35.0 Å². The summed E-state index contributed by atoms with van der Waals surface area (Å²) >= 11 is 5.97. The second-order valence-corrected chi connectivity index (χ2v) is 7.31. The van der Waals surface area contributed by atoms with E-state index in [4.69, 9.17) is 16.3 Å². The summed E-state index contributed by atoms with van der Waals surface area (Å²) < 4.78 is 8.11. The number of hydrogen-bond donors (Lipinski definition) is 0. The summed E-state index contributed by atoms with van der Waals surface area (Å²) in [6.07, 6.45) is 1.29. The van der Waals surface area contributed by atoms with Crippen LogP contribution in [0.25, 0.3) is 0 Å². The molecule has 0 amide bonds. The van der Waals surface area contributed by atoms with Crippen molar-refractivity contribution in [2.75, 3.05) is 6.61 Å². The van der Waals surface area contributed by atoms with E-state index in [-0.39, 0.29) is 11.2 Å². The molecule has 0 saturated heterocycles. The lowest BCUT2D eigenvalue weighted by Gasteiger charge is -2.53. The standard InChI is InChI=1S/C17H26ClNO2/c1-7-21-15-9-14(17(15,5)6)19-10(2)8-13(12(19)4)16(20)11(3)18/h8,11,14-15H,7,9H2,1-6H3. The van der Waals surface area contributed by atoms with Crippen molar-refractivity contribution in [3.05, 3.63) is 23.0 Å². The highest BCUT2D eigenvalue weighted by Gasteiger charge is 2.50. The predicted molar refractivity (Wildman–Crippen MR) is 86.4 cm³/mol. The van der Waals surface area contributed by atoms with Gasteiger partial charge in [-0.3, -0.25) is 4.79 Å². The quantitative estimate of drug-likeness (QED) is 0.600. The first-order chi connectivity index (χ1) is 9.71. The molecule has 0 aliphatic heterocycles. The number of nitrogens with zero attached hydrogens (tertiary/aromatic N) is 1. The Morgan fingerprint density at radius 3 is 2.62 bits per heavy atom. The van der Waals surface area contributed by atoms with E-state index in [2.05, 4.69) is 25.3 Å². The third-order valence-electron chi connectivity index (χ3n) is 4.92. The number of hydrogen-bond acceptors (Lipinski definition) is 2. The van der Waals surface area contributed by atoms with E-state index < -0.39 is 5.38 Å². The van der Waals surface area contributed by atoms with Crippen molar-refractivity contribution in [1.29, 1.82) is 0 Å². The molecule has 1 aromatic heterocycles. The van der Waals surface area contributed by atoms with Gasteiger partial charge >= 0.3 is 0 Å². The molecule has 0 spiro atoms. The van der Waals surface area contributed by atoms with E-state index in [1.807, 2.05) is 19.9 Å². The largest absolute Gasteiger partial charge is 0.378 e. The van der Waals surface area contributed by atoms with Crippen LogP contribution in [0.4, 0.5) is 0 Å². The molecule has 2 rings (SSSR count). The molecule has 1 aliphatic carbocycles. The number of alkyl halides is 1. The zero-order valence-corrected chi connectivity index (χ0v) is 14.6. The van der Waals surface area contributed by atoms with Crippen LogP contribution in [-0.4, -0.2) is 28.4 Å². The molecule has 1 fully saturated rings. The van der Waals surface area contributed by atoms with E-state index in [1.54, 1.807) is 6.92 Å². The molecular weight excluding hydrogens is 286 g/mol. The number of Topliss-reactive ketones (excluding diaryl/α,β-unsaturated/α-hetero) is 1. The lowest BCUT2D eigenvalue weighted by molar-refractivity contribution is -0.128. The molecule has 3 nitrogen and oxygen atoms in total. The van der Waals surface area contributed by atoms with Gasteiger partial charge in [0.2, 0.25) is 0 Å². The molecule has 1 aliphatic rings. The zero-order valence-electron chi connectivity index (χ0n) is 13.9. The molecule has 1 aromatic rings. The first kappa shape index (κ1) is 16.6. The lowest BCUT2D eigenvalue weighted by Crippen LogP contribution is -2.51. The lowest BCUT2D eigenvalue weighted by atomic mass is 9.64. The van der Waals surface area contributed by atoms with Crippen LogP contribution in [-0.2, 0) is 4.74 Å². The minimum atomic E-state index is -0.482. The molecule has 0 bridgehead atoms. The maximum atomic E-state index is 12.2. The molecule has 1 saturated carbocycles. The van der Waals surface area contributed by atoms with Gasteiger partial charge in [0.15, 0.2) is 5.78 Å². The van der Waals surface area contributed by atoms with Crippen LogP contribution in [0.2, 0.25) is 0 Å². The van der Waals surface area contributed by atoms with Crippen molar-refractivity contribution in [3.63, 3.8) is 0 Å². The Morgan fingerprint density at radius 2 is 2.14 bits per heavy atom. The van der Waals surface area contributed by atoms with Gasteiger partial charge in [0.05, 0.1) is 11.5 Å². The Labute approximate surface area is 132 Å². The van der Waals surface area contributed by atoms with Crippen LogP contribution in [0, 0.1) is 19.3 Å². The Balaban J connectivity index is 2.33. The van der Waals surface area contributed by atoms with Crippen molar-refractivity contribution < 1.29 is 9.53 Å². The molecule has 4 heteroatoms. The second-order valence-electron chi connectivity index (χ2n) is 6.65. The highest BCUT2D eigenvalue weighted by Crippen LogP contribution is 2.52. The van der Waals surface area contributed by atoms with Crippen molar-refractivity contribution in [2.45, 2.75) is 65.5 Å². The SMILES string of the molecule is CCOC1CC(n2c(C)cc(C(=O)C(C)Cl)c2C)C1(C)C. The number of ketones is 1. The monoisotopic (exact) mass is 311 g/mol. The molecule has 21 heavy (non-hydrogen) atoms. The second kappa shape index (κ2) is 5.77. The third-order valence-corrected chi connectivity index (χ3v) is 5.11. The van der Waals surface area contributed by atoms with Crippen LogP contribution in [0.1, 0.15) is 61.9 Å². The number of rotatable bonds is 5. The van der Waals surface area contributed by atoms with Crippen molar-refractivity contribution in [3.8, 4) is 0 Å². The predicted octanol–water partition coefficient (Wildman–Crippen LogP) is 4.29. The average Bonchev–Trinajstić information content (AvgIpc) is 2.69. The summed E-state index contributed by atoms with van der Waals surface area (Å²) in [5.41, 5.74) is 2.99. The normalized spacial score (nSPS) is 25.5. The maximum absolute atomic E-state index is 12.2. The van der Waals surface area contributed by atoms with Gasteiger partial charge in [-0.2, -0.15) is 0 Å². The molecule has 3 unspecified atom stereocenters. The van der Waals surface area contributed by atoms with Crippen molar-refractivity contribution in [2.24, 2.45) is 5.41 Å². The number of carbonyl (C=O) groups excluding carboxylic acids is 1. The summed E-state index contributed by atoms with van der Waals surface area (Å²) in [5, 5.41) is -0.482. The number of ether oxygens (including phenoxy) is 1. The van der Waals surface area contributed by atoms with Crippen molar-refractivity contribution in [1.82, 2.24) is 4.57 Å². The summed E-state index contributed by atoms with van der Waals surface area (Å²) in [4.78, 5) is 12.2. The fraction of sp³-hybridized carbons (Fsp3) is 0.706. The number of aromatic nitrogens is 1. The van der Waals surface area contributed by atoms with Crippen LogP contribution in [0.5, 0.6) is 0 Å². The first-order valence-electron chi connectivity index (χ1n) is 7.70. The minimum Gasteiger partial charge on any atom is -0.378 e. The van der Waals surface area contributed by atoms with Gasteiger partial charge in [0.25, 0.3) is 0 Å². The summed E-state index contributed by atoms with van der Waals surface area (Å²) in [6.45, 7) is 13.1. The molecular formula is C17H26ClNO2. The fourth-order valence-corrected chi connectivity index (χ4v) is 3.62. The summed E-state index contributed by atoms with van der Waals surface area (Å²) in [7, 11) is 0. The first-order valence-corrected chi connectivity index (χ1v) is 8.13. The summed E-state index contributed by atoms with van der Waals surface area (Å²) in [5.74, 6) is 0.00880. The topological polar surface area (TPSA) is 31.2 Å². The zero-order chi connectivity index (χ0) is 15.9. The highest BCUT2D eigenvalue weighted by atomic mass is 35.5. The van der Waals surface area contributed by atoms with E-state index in [1.165, 1.54) is 0 Å². The van der Waals surface area contributed by atoms with E-state index in [0.29, 0.717) is 12.1 Å². The third kappa shape index (κ3) is 2.66. The van der Waals surface area contributed by atoms with Crippen LogP contribution in [0.3, 0.4) is 0 Å².